The third kappa shape index (κ3) is 3.97. The van der Waals surface area contributed by atoms with Gasteiger partial charge in [-0.3, -0.25) is 4.72 Å². The zero-order chi connectivity index (χ0) is 15.5. The van der Waals surface area contributed by atoms with Crippen molar-refractivity contribution in [3.63, 3.8) is 0 Å². The van der Waals surface area contributed by atoms with Gasteiger partial charge in [0.25, 0.3) is 10.0 Å². The fraction of sp³-hybridized carbons (Fsp3) is 0.0714. The van der Waals surface area contributed by atoms with E-state index in [9.17, 15) is 8.42 Å². The van der Waals surface area contributed by atoms with Gasteiger partial charge in [0, 0.05) is 4.47 Å². The molecule has 0 saturated heterocycles. The predicted octanol–water partition coefficient (Wildman–Crippen LogP) is 3.97. The number of anilines is 1. The Morgan fingerprint density at radius 2 is 1.86 bits per heavy atom. The van der Waals surface area contributed by atoms with Crippen molar-refractivity contribution in [1.29, 1.82) is 5.26 Å². The van der Waals surface area contributed by atoms with Gasteiger partial charge in [-0.25, -0.2) is 8.42 Å². The Hall–Kier alpha value is -1.55. The van der Waals surface area contributed by atoms with E-state index in [1.54, 1.807) is 30.3 Å². The number of sulfonamides is 1. The fourth-order valence-corrected chi connectivity index (χ4v) is 3.51. The van der Waals surface area contributed by atoms with Crippen LogP contribution in [-0.4, -0.2) is 8.42 Å². The Balaban J connectivity index is 2.27. The number of halogens is 2. The van der Waals surface area contributed by atoms with E-state index in [1.165, 1.54) is 12.1 Å². The number of hydrogen-bond acceptors (Lipinski definition) is 3. The van der Waals surface area contributed by atoms with Gasteiger partial charge in [0.05, 0.1) is 28.1 Å². The molecule has 0 aliphatic heterocycles. The molecule has 0 atom stereocenters. The van der Waals surface area contributed by atoms with Crippen LogP contribution in [0.5, 0.6) is 0 Å². The fourth-order valence-electron chi connectivity index (χ4n) is 1.65. The first kappa shape index (κ1) is 15.8. The van der Waals surface area contributed by atoms with E-state index in [0.29, 0.717) is 10.7 Å². The molecule has 0 bridgehead atoms. The first-order valence-corrected chi connectivity index (χ1v) is 8.51. The highest BCUT2D eigenvalue weighted by Crippen LogP contribution is 2.27. The number of rotatable bonds is 4. The van der Waals surface area contributed by atoms with Crippen LogP contribution >= 0.6 is 27.5 Å². The molecule has 2 aromatic rings. The zero-order valence-corrected chi connectivity index (χ0v) is 13.8. The molecule has 1 N–H and O–H groups in total. The Morgan fingerprint density at radius 1 is 1.19 bits per heavy atom. The van der Waals surface area contributed by atoms with Gasteiger partial charge in [-0.1, -0.05) is 39.7 Å². The maximum Gasteiger partial charge on any atom is 0.261 e. The number of nitrogens with one attached hydrogen (secondary N) is 1. The Morgan fingerprint density at radius 3 is 2.43 bits per heavy atom. The Labute approximate surface area is 136 Å². The quantitative estimate of drug-likeness (QED) is 0.865. The molecule has 2 rings (SSSR count). The predicted molar refractivity (Wildman–Crippen MR) is 85.7 cm³/mol. The summed E-state index contributed by atoms with van der Waals surface area (Å²) in [5.41, 5.74) is 1.07. The van der Waals surface area contributed by atoms with Crippen molar-refractivity contribution in [1.82, 2.24) is 0 Å². The largest absolute Gasteiger partial charge is 0.278 e. The first-order chi connectivity index (χ1) is 9.92. The van der Waals surface area contributed by atoms with Crippen LogP contribution in [0.25, 0.3) is 0 Å². The van der Waals surface area contributed by atoms with E-state index in [-0.39, 0.29) is 11.3 Å². The van der Waals surface area contributed by atoms with E-state index in [0.717, 1.165) is 10.0 Å². The summed E-state index contributed by atoms with van der Waals surface area (Å²) in [7, 11) is -3.71. The number of hydrogen-bond donors (Lipinski definition) is 1. The molecule has 0 aromatic heterocycles. The second kappa shape index (κ2) is 6.48. The van der Waals surface area contributed by atoms with Crippen LogP contribution in [0.15, 0.2) is 51.8 Å². The Bertz CT molecular complexity index is 799. The zero-order valence-electron chi connectivity index (χ0n) is 10.7. The minimum absolute atomic E-state index is 0.114. The molecule has 0 fully saturated rings. The summed E-state index contributed by atoms with van der Waals surface area (Å²) in [4.78, 5) is 0.114. The van der Waals surface area contributed by atoms with Gasteiger partial charge in [0.1, 0.15) is 0 Å². The van der Waals surface area contributed by atoms with E-state index in [2.05, 4.69) is 20.7 Å². The molecule has 0 aliphatic rings. The normalized spacial score (nSPS) is 10.9. The van der Waals surface area contributed by atoms with Gasteiger partial charge in [-0.15, -0.1) is 0 Å². The van der Waals surface area contributed by atoms with Gasteiger partial charge in [-0.2, -0.15) is 5.26 Å². The smallest absolute Gasteiger partial charge is 0.261 e. The molecule has 0 spiro atoms. The monoisotopic (exact) mass is 384 g/mol. The van der Waals surface area contributed by atoms with Crippen molar-refractivity contribution in [3.05, 3.63) is 57.5 Å². The van der Waals surface area contributed by atoms with Gasteiger partial charge in [0.2, 0.25) is 0 Å². The van der Waals surface area contributed by atoms with Crippen LogP contribution in [0.2, 0.25) is 5.02 Å². The maximum atomic E-state index is 12.3. The number of nitrogens with zero attached hydrogens (tertiary/aromatic N) is 1. The lowest BCUT2D eigenvalue weighted by atomic mass is 10.2. The van der Waals surface area contributed by atoms with Crippen molar-refractivity contribution in [2.24, 2.45) is 0 Å². The van der Waals surface area contributed by atoms with E-state index in [4.69, 9.17) is 16.9 Å². The van der Waals surface area contributed by atoms with Crippen LogP contribution in [0.3, 0.4) is 0 Å². The summed E-state index contributed by atoms with van der Waals surface area (Å²) in [5.74, 6) is 0. The summed E-state index contributed by atoms with van der Waals surface area (Å²) < 4.78 is 27.7. The standard InChI is InChI=1S/C14H10BrClN2O2S/c15-11-3-6-14(13(16)9-11)18-21(19,20)12-4-1-10(2-5-12)7-8-17/h1-6,9,18H,7H2. The molecule has 0 saturated carbocycles. The number of nitriles is 1. The lowest BCUT2D eigenvalue weighted by Gasteiger charge is -2.10. The second-order valence-corrected chi connectivity index (χ2v) is 7.21. The highest BCUT2D eigenvalue weighted by atomic mass is 79.9. The molecule has 0 unspecified atom stereocenters. The molecule has 0 aliphatic carbocycles. The average molecular weight is 386 g/mol. The molecule has 108 valence electrons. The summed E-state index contributed by atoms with van der Waals surface area (Å²) in [6.45, 7) is 0. The third-order valence-corrected chi connectivity index (χ3v) is 4.88. The highest BCUT2D eigenvalue weighted by molar-refractivity contribution is 9.10. The minimum Gasteiger partial charge on any atom is -0.278 e. The van der Waals surface area contributed by atoms with Crippen LogP contribution in [0.4, 0.5) is 5.69 Å². The summed E-state index contributed by atoms with van der Waals surface area (Å²) in [6.07, 6.45) is 0.242. The molecule has 4 nitrogen and oxygen atoms in total. The molecular weight excluding hydrogens is 376 g/mol. The molecule has 0 amide bonds. The maximum absolute atomic E-state index is 12.3. The van der Waals surface area contributed by atoms with E-state index >= 15 is 0 Å². The van der Waals surface area contributed by atoms with Crippen molar-refractivity contribution >= 4 is 43.2 Å². The number of benzene rings is 2. The highest BCUT2D eigenvalue weighted by Gasteiger charge is 2.15. The van der Waals surface area contributed by atoms with Crippen molar-refractivity contribution in [3.8, 4) is 6.07 Å². The SMILES string of the molecule is N#CCc1ccc(S(=O)(=O)Nc2ccc(Br)cc2Cl)cc1. The van der Waals surface area contributed by atoms with Gasteiger partial charge >= 0.3 is 0 Å². The lowest BCUT2D eigenvalue weighted by molar-refractivity contribution is 0.601. The molecule has 0 radical (unpaired) electrons. The van der Waals surface area contributed by atoms with Gasteiger partial charge in [0.15, 0.2) is 0 Å². The summed E-state index contributed by atoms with van der Waals surface area (Å²) >= 11 is 9.25. The second-order valence-electron chi connectivity index (χ2n) is 4.21. The van der Waals surface area contributed by atoms with Crippen molar-refractivity contribution < 1.29 is 8.42 Å². The first-order valence-electron chi connectivity index (χ1n) is 5.86. The van der Waals surface area contributed by atoms with E-state index < -0.39 is 10.0 Å². The average Bonchev–Trinajstić information content (AvgIpc) is 2.43. The van der Waals surface area contributed by atoms with Gasteiger partial charge < -0.3 is 0 Å². The van der Waals surface area contributed by atoms with Gasteiger partial charge in [-0.05, 0) is 35.9 Å². The van der Waals surface area contributed by atoms with Crippen LogP contribution in [0.1, 0.15) is 5.56 Å². The molecule has 21 heavy (non-hydrogen) atoms. The van der Waals surface area contributed by atoms with Crippen LogP contribution in [-0.2, 0) is 16.4 Å². The van der Waals surface area contributed by atoms with Crippen LogP contribution in [0, 0.1) is 11.3 Å². The third-order valence-electron chi connectivity index (χ3n) is 2.69. The topological polar surface area (TPSA) is 70.0 Å². The molecular formula is C14H10BrClN2O2S. The van der Waals surface area contributed by atoms with Crippen molar-refractivity contribution in [2.75, 3.05) is 4.72 Å². The minimum atomic E-state index is -3.71. The lowest BCUT2D eigenvalue weighted by Crippen LogP contribution is -2.13. The summed E-state index contributed by atoms with van der Waals surface area (Å²) in [5, 5.41) is 8.90. The Kier molecular flexibility index (Phi) is 4.88. The molecule has 2 aromatic carbocycles. The van der Waals surface area contributed by atoms with Crippen molar-refractivity contribution in [2.45, 2.75) is 11.3 Å². The molecule has 7 heteroatoms. The molecule has 0 heterocycles. The summed E-state index contributed by atoms with van der Waals surface area (Å²) in [6, 6.07) is 13.0. The van der Waals surface area contributed by atoms with E-state index in [1.807, 2.05) is 6.07 Å². The van der Waals surface area contributed by atoms with Crippen LogP contribution < -0.4 is 4.72 Å².